The number of hydrogen-bond donors (Lipinski definition) is 1. The Morgan fingerprint density at radius 3 is 2.74 bits per heavy atom. The molecular weight excluding hydrogens is 294 g/mol. The van der Waals surface area contributed by atoms with Crippen LogP contribution in [0, 0.1) is 0 Å². The number of likely N-dealkylation sites (N-methyl/N-ethyl adjacent to an activating group) is 1. The molecule has 2 unspecified atom stereocenters. The maximum Gasteiger partial charge on any atom is 0.244 e. The highest BCUT2D eigenvalue weighted by Crippen LogP contribution is 2.27. The standard InChI is InChI=1S/C16H23N5O2/c1-12(21-11-17-10-19-21)16(22)18-9-14(20(2)3)13-7-5-6-8-15(13)23-4/h5-8,10-12,14H,9H2,1-4H3,(H,18,22). The zero-order valence-electron chi connectivity index (χ0n) is 13.9. The molecule has 1 aromatic heterocycles. The van der Waals surface area contributed by atoms with Crippen molar-refractivity contribution in [2.24, 2.45) is 0 Å². The molecule has 0 aliphatic rings. The number of para-hydroxylation sites is 1. The number of rotatable bonds is 7. The lowest BCUT2D eigenvalue weighted by molar-refractivity contribution is -0.124. The molecule has 2 atom stereocenters. The van der Waals surface area contributed by atoms with Gasteiger partial charge in [0.05, 0.1) is 13.2 Å². The number of aromatic nitrogens is 3. The van der Waals surface area contributed by atoms with Crippen LogP contribution in [0.5, 0.6) is 5.75 Å². The smallest absolute Gasteiger partial charge is 0.244 e. The maximum absolute atomic E-state index is 12.3. The average molecular weight is 317 g/mol. The average Bonchev–Trinajstić information content (AvgIpc) is 3.08. The normalized spacial score (nSPS) is 13.6. The molecule has 0 spiro atoms. The fourth-order valence-electron chi connectivity index (χ4n) is 2.39. The van der Waals surface area contributed by atoms with Gasteiger partial charge < -0.3 is 15.0 Å². The van der Waals surface area contributed by atoms with Crippen LogP contribution in [0.3, 0.4) is 0 Å². The van der Waals surface area contributed by atoms with E-state index in [9.17, 15) is 4.79 Å². The molecule has 0 radical (unpaired) electrons. The first kappa shape index (κ1) is 17.0. The Kier molecular flexibility index (Phi) is 5.70. The highest BCUT2D eigenvalue weighted by molar-refractivity contribution is 5.79. The van der Waals surface area contributed by atoms with Gasteiger partial charge in [-0.1, -0.05) is 18.2 Å². The molecule has 1 N–H and O–H groups in total. The number of methoxy groups -OCH3 is 1. The highest BCUT2D eigenvalue weighted by atomic mass is 16.5. The summed E-state index contributed by atoms with van der Waals surface area (Å²) in [6.45, 7) is 2.27. The predicted octanol–water partition coefficient (Wildman–Crippen LogP) is 1.27. The molecule has 2 aromatic rings. The summed E-state index contributed by atoms with van der Waals surface area (Å²) in [4.78, 5) is 18.2. The number of ether oxygens (including phenoxy) is 1. The van der Waals surface area contributed by atoms with Crippen LogP contribution < -0.4 is 10.1 Å². The molecule has 0 saturated heterocycles. The molecule has 1 heterocycles. The van der Waals surface area contributed by atoms with Crippen LogP contribution >= 0.6 is 0 Å². The fraction of sp³-hybridized carbons (Fsp3) is 0.438. The van der Waals surface area contributed by atoms with E-state index in [4.69, 9.17) is 4.74 Å². The van der Waals surface area contributed by atoms with Gasteiger partial charge in [0.25, 0.3) is 0 Å². The van der Waals surface area contributed by atoms with Crippen LogP contribution in [-0.4, -0.2) is 53.3 Å². The number of nitrogens with zero attached hydrogens (tertiary/aromatic N) is 4. The summed E-state index contributed by atoms with van der Waals surface area (Å²) in [6, 6.07) is 7.44. The largest absolute Gasteiger partial charge is 0.496 e. The monoisotopic (exact) mass is 317 g/mol. The van der Waals surface area contributed by atoms with Crippen molar-refractivity contribution in [3.63, 3.8) is 0 Å². The SMILES string of the molecule is COc1ccccc1C(CNC(=O)C(C)n1cncn1)N(C)C. The van der Waals surface area contributed by atoms with Crippen molar-refractivity contribution in [3.8, 4) is 5.75 Å². The van der Waals surface area contributed by atoms with Gasteiger partial charge in [-0.15, -0.1) is 0 Å². The Morgan fingerprint density at radius 2 is 2.13 bits per heavy atom. The van der Waals surface area contributed by atoms with Gasteiger partial charge >= 0.3 is 0 Å². The van der Waals surface area contributed by atoms with Crippen molar-refractivity contribution in [2.75, 3.05) is 27.7 Å². The van der Waals surface area contributed by atoms with E-state index >= 15 is 0 Å². The Labute approximate surface area is 136 Å². The van der Waals surface area contributed by atoms with Crippen LogP contribution in [0.25, 0.3) is 0 Å². The predicted molar refractivity (Wildman–Crippen MR) is 87.2 cm³/mol. The van der Waals surface area contributed by atoms with E-state index in [1.165, 1.54) is 17.3 Å². The number of nitrogens with one attached hydrogen (secondary N) is 1. The summed E-state index contributed by atoms with van der Waals surface area (Å²) in [6.07, 6.45) is 2.95. The van der Waals surface area contributed by atoms with Gasteiger partial charge in [-0.05, 0) is 27.1 Å². The molecule has 0 aliphatic carbocycles. The third-order valence-corrected chi connectivity index (χ3v) is 3.80. The maximum atomic E-state index is 12.3. The summed E-state index contributed by atoms with van der Waals surface area (Å²) in [7, 11) is 5.60. The molecule has 2 rings (SSSR count). The highest BCUT2D eigenvalue weighted by Gasteiger charge is 2.21. The lowest BCUT2D eigenvalue weighted by Crippen LogP contribution is -2.38. The lowest BCUT2D eigenvalue weighted by atomic mass is 10.0. The Balaban J connectivity index is 2.07. The minimum atomic E-state index is -0.405. The number of carbonyl (C=O) groups is 1. The Bertz CT molecular complexity index is 627. The van der Waals surface area contributed by atoms with Crippen molar-refractivity contribution in [2.45, 2.75) is 19.0 Å². The van der Waals surface area contributed by atoms with Crippen molar-refractivity contribution < 1.29 is 9.53 Å². The van der Waals surface area contributed by atoms with Gasteiger partial charge in [0.1, 0.15) is 24.4 Å². The second-order valence-corrected chi connectivity index (χ2v) is 5.52. The van der Waals surface area contributed by atoms with Crippen LogP contribution in [-0.2, 0) is 4.79 Å². The minimum absolute atomic E-state index is 0.0121. The van der Waals surface area contributed by atoms with Crippen molar-refractivity contribution in [1.82, 2.24) is 25.0 Å². The molecule has 0 bridgehead atoms. The van der Waals surface area contributed by atoms with Crippen molar-refractivity contribution in [3.05, 3.63) is 42.5 Å². The summed E-state index contributed by atoms with van der Waals surface area (Å²) in [5.41, 5.74) is 1.04. The van der Waals surface area contributed by atoms with Crippen molar-refractivity contribution in [1.29, 1.82) is 0 Å². The van der Waals surface area contributed by atoms with Gasteiger partial charge in [-0.3, -0.25) is 4.79 Å². The van der Waals surface area contributed by atoms with E-state index in [0.29, 0.717) is 6.54 Å². The van der Waals surface area contributed by atoms with Gasteiger partial charge in [0, 0.05) is 12.1 Å². The molecule has 23 heavy (non-hydrogen) atoms. The molecule has 1 aromatic carbocycles. The van der Waals surface area contributed by atoms with E-state index in [2.05, 4.69) is 20.3 Å². The van der Waals surface area contributed by atoms with E-state index in [-0.39, 0.29) is 11.9 Å². The van der Waals surface area contributed by atoms with Crippen LogP contribution in [0.1, 0.15) is 24.6 Å². The third kappa shape index (κ3) is 4.07. The molecule has 0 fully saturated rings. The first-order chi connectivity index (χ1) is 11.0. The molecule has 0 saturated carbocycles. The summed E-state index contributed by atoms with van der Waals surface area (Å²) >= 11 is 0. The zero-order valence-corrected chi connectivity index (χ0v) is 13.9. The van der Waals surface area contributed by atoms with E-state index < -0.39 is 6.04 Å². The number of amides is 1. The quantitative estimate of drug-likeness (QED) is 0.832. The second kappa shape index (κ2) is 7.73. The molecule has 124 valence electrons. The zero-order chi connectivity index (χ0) is 16.8. The number of benzene rings is 1. The van der Waals surface area contributed by atoms with Crippen LogP contribution in [0.4, 0.5) is 0 Å². The lowest BCUT2D eigenvalue weighted by Gasteiger charge is -2.27. The number of carbonyl (C=O) groups excluding carboxylic acids is 1. The summed E-state index contributed by atoms with van der Waals surface area (Å²) in [5.74, 6) is 0.710. The third-order valence-electron chi connectivity index (χ3n) is 3.80. The first-order valence-electron chi connectivity index (χ1n) is 7.45. The summed E-state index contributed by atoms with van der Waals surface area (Å²) in [5, 5.41) is 6.98. The van der Waals surface area contributed by atoms with E-state index in [1.54, 1.807) is 14.0 Å². The molecule has 0 aliphatic heterocycles. The van der Waals surface area contributed by atoms with E-state index in [0.717, 1.165) is 11.3 Å². The number of hydrogen-bond acceptors (Lipinski definition) is 5. The Morgan fingerprint density at radius 1 is 1.39 bits per heavy atom. The molecular formula is C16H23N5O2. The molecule has 7 heteroatoms. The van der Waals surface area contributed by atoms with Crippen LogP contribution in [0.15, 0.2) is 36.9 Å². The topological polar surface area (TPSA) is 72.3 Å². The van der Waals surface area contributed by atoms with Gasteiger partial charge in [0.15, 0.2) is 0 Å². The Hall–Kier alpha value is -2.41. The van der Waals surface area contributed by atoms with E-state index in [1.807, 2.05) is 38.4 Å². The molecule has 1 amide bonds. The van der Waals surface area contributed by atoms with Crippen molar-refractivity contribution >= 4 is 5.91 Å². The molecule has 7 nitrogen and oxygen atoms in total. The second-order valence-electron chi connectivity index (χ2n) is 5.52. The first-order valence-corrected chi connectivity index (χ1v) is 7.45. The van der Waals surface area contributed by atoms with Gasteiger partial charge in [-0.2, -0.15) is 5.10 Å². The van der Waals surface area contributed by atoms with Gasteiger partial charge in [0.2, 0.25) is 5.91 Å². The summed E-state index contributed by atoms with van der Waals surface area (Å²) < 4.78 is 6.96. The minimum Gasteiger partial charge on any atom is -0.496 e. The van der Waals surface area contributed by atoms with Crippen LogP contribution in [0.2, 0.25) is 0 Å². The van der Waals surface area contributed by atoms with Gasteiger partial charge in [-0.25, -0.2) is 9.67 Å². The fourth-order valence-corrected chi connectivity index (χ4v) is 2.39.